The molecule has 0 radical (unpaired) electrons. The van der Waals surface area contributed by atoms with Crippen molar-refractivity contribution in [2.24, 2.45) is 0 Å². The molecule has 82 valence electrons. The number of furan rings is 1. The predicted octanol–water partition coefficient (Wildman–Crippen LogP) is -0.183. The Kier molecular flexibility index (Phi) is 2.20. The average molecular weight is 222 g/mol. The van der Waals surface area contributed by atoms with Crippen molar-refractivity contribution in [2.45, 2.75) is 0 Å². The maximum absolute atomic E-state index is 11.4. The van der Waals surface area contributed by atoms with E-state index in [1.54, 1.807) is 0 Å². The third-order valence-corrected chi connectivity index (χ3v) is 1.92. The molecule has 0 spiro atoms. The summed E-state index contributed by atoms with van der Waals surface area (Å²) in [4.78, 5) is 35.1. The Balaban J connectivity index is 2.73. The molecule has 2 aromatic heterocycles. The van der Waals surface area contributed by atoms with Crippen LogP contribution in [0.2, 0.25) is 0 Å². The van der Waals surface area contributed by atoms with Gasteiger partial charge >= 0.3 is 11.7 Å². The Morgan fingerprint density at radius 2 is 2.19 bits per heavy atom. The number of aromatic nitrogens is 2. The van der Waals surface area contributed by atoms with E-state index in [1.807, 2.05) is 4.98 Å². The van der Waals surface area contributed by atoms with E-state index in [4.69, 9.17) is 9.52 Å². The molecule has 2 rings (SSSR count). The van der Waals surface area contributed by atoms with Crippen LogP contribution in [0.25, 0.3) is 5.88 Å². The van der Waals surface area contributed by atoms with Gasteiger partial charge in [-0.15, -0.1) is 0 Å². The number of rotatable bonds is 2. The molecule has 0 fully saturated rings. The molecule has 0 saturated carbocycles. The van der Waals surface area contributed by atoms with Crippen molar-refractivity contribution in [3.63, 3.8) is 0 Å². The smallest absolute Gasteiger partial charge is 0.342 e. The van der Waals surface area contributed by atoms with Gasteiger partial charge in [-0.2, -0.15) is 0 Å². The highest BCUT2D eigenvalue weighted by molar-refractivity contribution is 5.86. The Morgan fingerprint density at radius 1 is 1.44 bits per heavy atom. The first kappa shape index (κ1) is 9.97. The van der Waals surface area contributed by atoms with Crippen LogP contribution in [0.1, 0.15) is 10.4 Å². The minimum Gasteiger partial charge on any atom is -0.477 e. The molecule has 16 heavy (non-hydrogen) atoms. The highest BCUT2D eigenvalue weighted by atomic mass is 16.4. The Morgan fingerprint density at radius 3 is 2.75 bits per heavy atom. The lowest BCUT2D eigenvalue weighted by atomic mass is 10.3. The van der Waals surface area contributed by atoms with E-state index in [-0.39, 0.29) is 5.88 Å². The number of carboxylic acid groups (broad SMARTS) is 1. The Bertz CT molecular complexity index is 635. The zero-order valence-electron chi connectivity index (χ0n) is 7.84. The summed E-state index contributed by atoms with van der Waals surface area (Å²) in [5, 5.41) is 8.71. The van der Waals surface area contributed by atoms with Crippen molar-refractivity contribution in [3.05, 3.63) is 51.0 Å². The van der Waals surface area contributed by atoms with Gasteiger partial charge in [-0.3, -0.25) is 9.78 Å². The minimum atomic E-state index is -1.42. The van der Waals surface area contributed by atoms with Crippen LogP contribution < -0.4 is 11.2 Å². The first-order valence-corrected chi connectivity index (χ1v) is 4.23. The molecular weight excluding hydrogens is 216 g/mol. The highest BCUT2D eigenvalue weighted by Crippen LogP contribution is 2.04. The SMILES string of the molecule is O=C(O)c1cn(-c2ccco2)c(=O)[nH]c1=O. The van der Waals surface area contributed by atoms with Gasteiger partial charge in [-0.25, -0.2) is 14.2 Å². The van der Waals surface area contributed by atoms with Gasteiger partial charge in [0.15, 0.2) is 0 Å². The van der Waals surface area contributed by atoms with E-state index in [0.717, 1.165) is 10.8 Å². The first-order valence-electron chi connectivity index (χ1n) is 4.23. The van der Waals surface area contributed by atoms with Crippen LogP contribution in [0.4, 0.5) is 0 Å². The molecule has 7 nitrogen and oxygen atoms in total. The molecule has 0 aliphatic carbocycles. The third kappa shape index (κ3) is 1.54. The van der Waals surface area contributed by atoms with E-state index >= 15 is 0 Å². The van der Waals surface area contributed by atoms with Gasteiger partial charge in [0.2, 0.25) is 5.88 Å². The fourth-order valence-electron chi connectivity index (χ4n) is 1.19. The second kappa shape index (κ2) is 3.54. The topological polar surface area (TPSA) is 105 Å². The summed E-state index contributed by atoms with van der Waals surface area (Å²) in [7, 11) is 0. The molecule has 0 amide bonds. The lowest BCUT2D eigenvalue weighted by molar-refractivity contribution is 0.0694. The van der Waals surface area contributed by atoms with Crippen molar-refractivity contribution in [3.8, 4) is 5.88 Å². The van der Waals surface area contributed by atoms with Crippen molar-refractivity contribution in [1.82, 2.24) is 9.55 Å². The summed E-state index contributed by atoms with van der Waals surface area (Å²) >= 11 is 0. The largest absolute Gasteiger partial charge is 0.477 e. The summed E-state index contributed by atoms with van der Waals surface area (Å²) in [5.74, 6) is -1.29. The Labute approximate surface area is 87.6 Å². The fourth-order valence-corrected chi connectivity index (χ4v) is 1.19. The van der Waals surface area contributed by atoms with Crippen molar-refractivity contribution in [2.75, 3.05) is 0 Å². The monoisotopic (exact) mass is 222 g/mol. The van der Waals surface area contributed by atoms with Crippen LogP contribution in [0.3, 0.4) is 0 Å². The quantitative estimate of drug-likeness (QED) is 0.733. The van der Waals surface area contributed by atoms with Crippen LogP contribution in [-0.4, -0.2) is 20.6 Å². The normalized spacial score (nSPS) is 10.2. The van der Waals surface area contributed by atoms with Gasteiger partial charge in [-0.05, 0) is 6.07 Å². The maximum Gasteiger partial charge on any atom is 0.342 e. The van der Waals surface area contributed by atoms with Crippen LogP contribution in [0.5, 0.6) is 0 Å². The van der Waals surface area contributed by atoms with Crippen molar-refractivity contribution in [1.29, 1.82) is 0 Å². The van der Waals surface area contributed by atoms with Crippen molar-refractivity contribution < 1.29 is 14.3 Å². The summed E-state index contributed by atoms with van der Waals surface area (Å²) in [6.07, 6.45) is 2.25. The van der Waals surface area contributed by atoms with E-state index < -0.39 is 22.8 Å². The van der Waals surface area contributed by atoms with E-state index in [1.165, 1.54) is 18.4 Å². The number of aromatic amines is 1. The van der Waals surface area contributed by atoms with Crippen LogP contribution in [0, 0.1) is 0 Å². The molecule has 0 saturated heterocycles. The molecule has 0 aliphatic rings. The van der Waals surface area contributed by atoms with Gasteiger partial charge in [0.05, 0.1) is 6.26 Å². The predicted molar refractivity (Wildman–Crippen MR) is 51.9 cm³/mol. The van der Waals surface area contributed by atoms with Crippen LogP contribution >= 0.6 is 0 Å². The lowest BCUT2D eigenvalue weighted by Gasteiger charge is -2.01. The number of hydrogen-bond donors (Lipinski definition) is 2. The van der Waals surface area contributed by atoms with Crippen LogP contribution in [0.15, 0.2) is 38.6 Å². The number of carbonyl (C=O) groups is 1. The third-order valence-electron chi connectivity index (χ3n) is 1.92. The van der Waals surface area contributed by atoms with Gasteiger partial charge in [0.25, 0.3) is 5.56 Å². The zero-order valence-corrected chi connectivity index (χ0v) is 7.84. The van der Waals surface area contributed by atoms with Crippen LogP contribution in [-0.2, 0) is 0 Å². The molecule has 2 heterocycles. The molecule has 2 aromatic rings. The molecule has 0 unspecified atom stereocenters. The Hall–Kier alpha value is -2.57. The standard InChI is InChI=1S/C9H6N2O5/c12-7-5(8(13)14)4-11(9(15)10-7)6-2-1-3-16-6/h1-4H,(H,13,14)(H,10,12,15). The van der Waals surface area contributed by atoms with E-state index in [2.05, 4.69) is 0 Å². The molecule has 0 aromatic carbocycles. The summed E-state index contributed by atoms with van der Waals surface area (Å²) in [6, 6.07) is 3.00. The van der Waals surface area contributed by atoms with Gasteiger partial charge in [0, 0.05) is 12.3 Å². The zero-order chi connectivity index (χ0) is 11.7. The highest BCUT2D eigenvalue weighted by Gasteiger charge is 2.13. The molecule has 7 heteroatoms. The average Bonchev–Trinajstić information content (AvgIpc) is 2.70. The molecule has 2 N–H and O–H groups in total. The summed E-state index contributed by atoms with van der Waals surface area (Å²) in [5.41, 5.74) is -2.23. The molecule has 0 aliphatic heterocycles. The molecular formula is C9H6N2O5. The van der Waals surface area contributed by atoms with Gasteiger partial charge in [-0.1, -0.05) is 0 Å². The number of carboxylic acids is 1. The number of nitrogens with one attached hydrogen (secondary N) is 1. The molecule has 0 atom stereocenters. The minimum absolute atomic E-state index is 0.128. The number of hydrogen-bond acceptors (Lipinski definition) is 4. The van der Waals surface area contributed by atoms with Gasteiger partial charge < -0.3 is 9.52 Å². The fraction of sp³-hybridized carbons (Fsp3) is 0. The number of H-pyrrole nitrogens is 1. The van der Waals surface area contributed by atoms with Gasteiger partial charge in [0.1, 0.15) is 5.56 Å². The number of nitrogens with zero attached hydrogens (tertiary/aromatic N) is 1. The van der Waals surface area contributed by atoms with E-state index in [9.17, 15) is 14.4 Å². The maximum atomic E-state index is 11.4. The summed E-state index contributed by atoms with van der Waals surface area (Å²) in [6.45, 7) is 0. The first-order chi connectivity index (χ1) is 7.59. The number of aromatic carboxylic acids is 1. The molecule has 0 bridgehead atoms. The lowest BCUT2D eigenvalue weighted by Crippen LogP contribution is -2.32. The summed E-state index contributed by atoms with van der Waals surface area (Å²) < 4.78 is 5.83. The second-order valence-corrected chi connectivity index (χ2v) is 2.93. The second-order valence-electron chi connectivity index (χ2n) is 2.93. The van der Waals surface area contributed by atoms with Crippen molar-refractivity contribution >= 4 is 5.97 Å². The van der Waals surface area contributed by atoms with E-state index in [0.29, 0.717) is 0 Å².